The van der Waals surface area contributed by atoms with Crippen molar-refractivity contribution in [3.05, 3.63) is 102 Å². The summed E-state index contributed by atoms with van der Waals surface area (Å²) in [5.41, 5.74) is 3.90. The molecule has 29 heavy (non-hydrogen) atoms. The van der Waals surface area contributed by atoms with Gasteiger partial charge in [-0.2, -0.15) is 5.10 Å². The Morgan fingerprint density at radius 1 is 0.897 bits per heavy atom. The van der Waals surface area contributed by atoms with E-state index >= 15 is 0 Å². The van der Waals surface area contributed by atoms with Crippen molar-refractivity contribution < 1.29 is 14.3 Å². The third-order valence-electron chi connectivity index (χ3n) is 4.54. The number of carbonyl (C=O) groups is 1. The predicted octanol–water partition coefficient (Wildman–Crippen LogP) is 4.90. The van der Waals surface area contributed by atoms with E-state index in [1.54, 1.807) is 22.9 Å². The van der Waals surface area contributed by atoms with Gasteiger partial charge >= 0.3 is 5.97 Å². The average Bonchev–Trinajstić information content (AvgIpc) is 3.23. The van der Waals surface area contributed by atoms with Crippen LogP contribution in [0.25, 0.3) is 16.9 Å². The molecule has 0 radical (unpaired) electrons. The Balaban J connectivity index is 1.64. The molecule has 0 amide bonds. The summed E-state index contributed by atoms with van der Waals surface area (Å²) in [5, 5.41) is 4.74. The molecule has 0 N–H and O–H groups in total. The van der Waals surface area contributed by atoms with Crippen LogP contribution >= 0.6 is 0 Å². The van der Waals surface area contributed by atoms with Crippen LogP contribution in [-0.2, 0) is 11.3 Å². The molecule has 0 unspecified atom stereocenters. The van der Waals surface area contributed by atoms with Crippen LogP contribution in [0, 0.1) is 0 Å². The summed E-state index contributed by atoms with van der Waals surface area (Å²) in [4.78, 5) is 12.6. The van der Waals surface area contributed by atoms with E-state index in [1.807, 2.05) is 72.9 Å². The number of benzene rings is 3. The number of hydrogen-bond acceptors (Lipinski definition) is 4. The van der Waals surface area contributed by atoms with Crippen molar-refractivity contribution in [3.8, 4) is 22.7 Å². The first-order valence-corrected chi connectivity index (χ1v) is 9.26. The molecule has 0 saturated heterocycles. The highest BCUT2D eigenvalue weighted by molar-refractivity contribution is 5.92. The fraction of sp³-hybridized carbons (Fsp3) is 0.0833. The number of methoxy groups -OCH3 is 1. The van der Waals surface area contributed by atoms with Crippen LogP contribution in [0.1, 0.15) is 15.9 Å². The first-order chi connectivity index (χ1) is 14.3. The maximum absolute atomic E-state index is 12.6. The van der Waals surface area contributed by atoms with Crippen LogP contribution in [-0.4, -0.2) is 22.9 Å². The van der Waals surface area contributed by atoms with Gasteiger partial charge in [-0.1, -0.05) is 60.7 Å². The number of esters is 1. The summed E-state index contributed by atoms with van der Waals surface area (Å²) >= 11 is 0. The van der Waals surface area contributed by atoms with Crippen molar-refractivity contribution in [1.82, 2.24) is 9.78 Å². The van der Waals surface area contributed by atoms with Crippen LogP contribution in [0.4, 0.5) is 0 Å². The lowest BCUT2D eigenvalue weighted by Crippen LogP contribution is -2.07. The number of para-hydroxylation sites is 2. The Morgan fingerprint density at radius 3 is 2.28 bits per heavy atom. The van der Waals surface area contributed by atoms with Crippen LogP contribution in [0.2, 0.25) is 0 Å². The fourth-order valence-electron chi connectivity index (χ4n) is 3.10. The molecule has 0 aliphatic heterocycles. The Kier molecular flexibility index (Phi) is 5.38. The average molecular weight is 384 g/mol. The standard InChI is InChI=1S/C24H20N2O3/c1-28-22-15-9-8-14-21(22)24(27)29-17-19-16-26(20-12-6-3-7-13-20)25-23(19)18-10-4-2-5-11-18/h2-16H,17H2,1H3. The van der Waals surface area contributed by atoms with Gasteiger partial charge < -0.3 is 9.47 Å². The van der Waals surface area contributed by atoms with Gasteiger partial charge in [-0.25, -0.2) is 9.48 Å². The normalized spacial score (nSPS) is 10.5. The van der Waals surface area contributed by atoms with Crippen molar-refractivity contribution in [1.29, 1.82) is 0 Å². The van der Waals surface area contributed by atoms with E-state index < -0.39 is 5.97 Å². The topological polar surface area (TPSA) is 53.4 Å². The SMILES string of the molecule is COc1ccccc1C(=O)OCc1cn(-c2ccccc2)nc1-c1ccccc1. The quantitative estimate of drug-likeness (QED) is 0.444. The van der Waals surface area contributed by atoms with Crippen molar-refractivity contribution in [3.63, 3.8) is 0 Å². The lowest BCUT2D eigenvalue weighted by Gasteiger charge is -2.08. The Labute approximate surface area is 169 Å². The number of ether oxygens (including phenoxy) is 2. The third kappa shape index (κ3) is 4.04. The molecule has 4 rings (SSSR count). The van der Waals surface area contributed by atoms with Gasteiger partial charge in [0.1, 0.15) is 17.9 Å². The molecule has 144 valence electrons. The Morgan fingerprint density at radius 2 is 1.55 bits per heavy atom. The van der Waals surface area contributed by atoms with Crippen molar-refractivity contribution in [2.75, 3.05) is 7.11 Å². The summed E-state index contributed by atoms with van der Waals surface area (Å²) in [7, 11) is 1.53. The molecule has 0 aliphatic rings. The second-order valence-corrected chi connectivity index (χ2v) is 6.43. The Bertz CT molecular complexity index is 1110. The highest BCUT2D eigenvalue weighted by atomic mass is 16.5. The first-order valence-electron chi connectivity index (χ1n) is 9.26. The second kappa shape index (κ2) is 8.44. The molecule has 0 atom stereocenters. The lowest BCUT2D eigenvalue weighted by atomic mass is 10.1. The highest BCUT2D eigenvalue weighted by Crippen LogP contribution is 2.25. The zero-order valence-corrected chi connectivity index (χ0v) is 16.0. The van der Waals surface area contributed by atoms with Crippen LogP contribution < -0.4 is 4.74 Å². The van der Waals surface area contributed by atoms with Crippen LogP contribution in [0.15, 0.2) is 91.1 Å². The van der Waals surface area contributed by atoms with E-state index in [0.717, 1.165) is 22.5 Å². The second-order valence-electron chi connectivity index (χ2n) is 6.43. The van der Waals surface area contributed by atoms with Crippen molar-refractivity contribution in [2.45, 2.75) is 6.61 Å². The Hall–Kier alpha value is -3.86. The minimum Gasteiger partial charge on any atom is -0.496 e. The van der Waals surface area contributed by atoms with Gasteiger partial charge in [-0.05, 0) is 24.3 Å². The molecule has 5 nitrogen and oxygen atoms in total. The number of rotatable bonds is 6. The third-order valence-corrected chi connectivity index (χ3v) is 4.54. The van der Waals surface area contributed by atoms with Gasteiger partial charge in [0, 0.05) is 17.3 Å². The van der Waals surface area contributed by atoms with Crippen LogP contribution in [0.5, 0.6) is 5.75 Å². The lowest BCUT2D eigenvalue weighted by molar-refractivity contribution is 0.0469. The largest absolute Gasteiger partial charge is 0.496 e. The monoisotopic (exact) mass is 384 g/mol. The minimum atomic E-state index is -0.436. The van der Waals surface area contributed by atoms with E-state index in [9.17, 15) is 4.79 Å². The molecular weight excluding hydrogens is 364 g/mol. The molecule has 0 spiro atoms. The molecular formula is C24H20N2O3. The summed E-state index contributed by atoms with van der Waals surface area (Å²) < 4.78 is 12.7. The summed E-state index contributed by atoms with van der Waals surface area (Å²) in [6, 6.07) is 26.7. The van der Waals surface area contributed by atoms with Gasteiger partial charge in [0.2, 0.25) is 0 Å². The van der Waals surface area contributed by atoms with E-state index in [4.69, 9.17) is 14.6 Å². The van der Waals surface area contributed by atoms with Gasteiger partial charge in [0.25, 0.3) is 0 Å². The number of aromatic nitrogens is 2. The molecule has 0 fully saturated rings. The van der Waals surface area contributed by atoms with E-state index in [-0.39, 0.29) is 6.61 Å². The molecule has 1 heterocycles. The zero-order valence-electron chi connectivity index (χ0n) is 16.0. The van der Waals surface area contributed by atoms with Gasteiger partial charge in [0.05, 0.1) is 18.5 Å². The van der Waals surface area contributed by atoms with E-state index in [0.29, 0.717) is 11.3 Å². The number of hydrogen-bond donors (Lipinski definition) is 0. The van der Waals surface area contributed by atoms with E-state index in [1.165, 1.54) is 7.11 Å². The molecule has 3 aromatic carbocycles. The summed E-state index contributed by atoms with van der Waals surface area (Å²) in [6.07, 6.45) is 1.90. The fourth-order valence-corrected chi connectivity index (χ4v) is 3.10. The molecule has 0 saturated carbocycles. The molecule has 5 heteroatoms. The van der Waals surface area contributed by atoms with Crippen molar-refractivity contribution >= 4 is 5.97 Å². The molecule has 0 aliphatic carbocycles. The zero-order chi connectivity index (χ0) is 20.1. The smallest absolute Gasteiger partial charge is 0.342 e. The van der Waals surface area contributed by atoms with E-state index in [2.05, 4.69) is 0 Å². The molecule has 0 bridgehead atoms. The maximum Gasteiger partial charge on any atom is 0.342 e. The van der Waals surface area contributed by atoms with Gasteiger partial charge in [0.15, 0.2) is 0 Å². The predicted molar refractivity (Wildman–Crippen MR) is 111 cm³/mol. The molecule has 1 aromatic heterocycles. The summed E-state index contributed by atoms with van der Waals surface area (Å²) in [6.45, 7) is 0.105. The molecule has 4 aromatic rings. The summed E-state index contributed by atoms with van der Waals surface area (Å²) in [5.74, 6) is 0.0506. The van der Waals surface area contributed by atoms with Gasteiger partial charge in [-0.15, -0.1) is 0 Å². The van der Waals surface area contributed by atoms with Crippen LogP contribution in [0.3, 0.4) is 0 Å². The number of carbonyl (C=O) groups excluding carboxylic acids is 1. The minimum absolute atomic E-state index is 0.105. The maximum atomic E-state index is 12.6. The first kappa shape index (κ1) is 18.5. The highest BCUT2D eigenvalue weighted by Gasteiger charge is 2.17. The van der Waals surface area contributed by atoms with Crippen molar-refractivity contribution in [2.24, 2.45) is 0 Å². The number of nitrogens with zero attached hydrogens (tertiary/aromatic N) is 2. The van der Waals surface area contributed by atoms with Gasteiger partial charge in [-0.3, -0.25) is 0 Å².